The number of aromatic nitrogens is 1. The average molecular weight is 255 g/mol. The van der Waals surface area contributed by atoms with Crippen LogP contribution in [0, 0.1) is 17.1 Å². The van der Waals surface area contributed by atoms with Gasteiger partial charge in [0.1, 0.15) is 5.82 Å². The maximum absolute atomic E-state index is 12.8. The fraction of sp³-hybridized carbons (Fsp3) is 0.200. The Kier molecular flexibility index (Phi) is 4.09. The number of nitrogens with one attached hydrogen (secondary N) is 1. The monoisotopic (exact) mass is 255 g/mol. The van der Waals surface area contributed by atoms with E-state index in [0.29, 0.717) is 6.42 Å². The third-order valence-corrected chi connectivity index (χ3v) is 2.81. The molecule has 0 aliphatic heterocycles. The number of halogens is 1. The molecule has 4 heteroatoms. The van der Waals surface area contributed by atoms with Crippen LogP contribution in [-0.2, 0) is 6.42 Å². The number of hydrogen-bond donors (Lipinski definition) is 1. The van der Waals surface area contributed by atoms with Gasteiger partial charge in [-0.2, -0.15) is 5.26 Å². The Morgan fingerprint density at radius 1 is 1.26 bits per heavy atom. The molecule has 0 saturated carbocycles. The summed E-state index contributed by atoms with van der Waals surface area (Å²) in [5.74, 6) is -0.336. The van der Waals surface area contributed by atoms with E-state index in [4.69, 9.17) is 5.26 Å². The van der Waals surface area contributed by atoms with Crippen LogP contribution in [0.25, 0.3) is 0 Å². The van der Waals surface area contributed by atoms with Crippen molar-refractivity contribution in [3.8, 4) is 6.07 Å². The first-order valence-corrected chi connectivity index (χ1v) is 6.03. The zero-order chi connectivity index (χ0) is 13.7. The molecule has 0 saturated heterocycles. The van der Waals surface area contributed by atoms with Crippen LogP contribution in [0.3, 0.4) is 0 Å². The normalized spacial score (nSPS) is 11.6. The van der Waals surface area contributed by atoms with Crippen molar-refractivity contribution in [3.05, 3.63) is 59.7 Å². The van der Waals surface area contributed by atoms with E-state index >= 15 is 0 Å². The van der Waals surface area contributed by atoms with Gasteiger partial charge in [-0.15, -0.1) is 0 Å². The van der Waals surface area contributed by atoms with E-state index in [1.807, 2.05) is 31.2 Å². The minimum atomic E-state index is -0.336. The fourth-order valence-electron chi connectivity index (χ4n) is 1.78. The Balaban J connectivity index is 2.04. The molecule has 1 unspecified atom stereocenters. The van der Waals surface area contributed by atoms with Gasteiger partial charge >= 0.3 is 0 Å². The van der Waals surface area contributed by atoms with Gasteiger partial charge in [-0.1, -0.05) is 12.1 Å². The lowest BCUT2D eigenvalue weighted by Crippen LogP contribution is -2.08. The second-order valence-corrected chi connectivity index (χ2v) is 4.30. The molecule has 1 aromatic carbocycles. The van der Waals surface area contributed by atoms with Gasteiger partial charge in [-0.3, -0.25) is 4.98 Å². The van der Waals surface area contributed by atoms with E-state index in [-0.39, 0.29) is 11.9 Å². The number of anilines is 1. The maximum atomic E-state index is 12.8. The number of rotatable bonds is 4. The van der Waals surface area contributed by atoms with Gasteiger partial charge in [-0.25, -0.2) is 4.39 Å². The van der Waals surface area contributed by atoms with Gasteiger partial charge in [-0.05, 0) is 36.8 Å². The summed E-state index contributed by atoms with van der Waals surface area (Å²) in [4.78, 5) is 4.04. The molecule has 1 aromatic heterocycles. The average Bonchev–Trinajstić information content (AvgIpc) is 2.42. The fourth-order valence-corrected chi connectivity index (χ4v) is 1.78. The van der Waals surface area contributed by atoms with Crippen molar-refractivity contribution in [2.75, 3.05) is 5.32 Å². The van der Waals surface area contributed by atoms with E-state index in [2.05, 4.69) is 16.4 Å². The molecule has 0 spiro atoms. The zero-order valence-corrected chi connectivity index (χ0v) is 10.6. The summed E-state index contributed by atoms with van der Waals surface area (Å²) in [6, 6.07) is 12.8. The van der Waals surface area contributed by atoms with Gasteiger partial charge in [0.2, 0.25) is 0 Å². The van der Waals surface area contributed by atoms with Crippen LogP contribution in [0.5, 0.6) is 0 Å². The van der Waals surface area contributed by atoms with E-state index in [1.54, 1.807) is 6.07 Å². The minimum Gasteiger partial charge on any atom is -0.377 e. The summed E-state index contributed by atoms with van der Waals surface area (Å²) in [5.41, 5.74) is 2.71. The molecule has 3 nitrogen and oxygen atoms in total. The Bertz CT molecular complexity index is 570. The lowest BCUT2D eigenvalue weighted by atomic mass is 10.1. The van der Waals surface area contributed by atoms with Crippen molar-refractivity contribution in [2.24, 2.45) is 0 Å². The molecule has 96 valence electrons. The van der Waals surface area contributed by atoms with Crippen molar-refractivity contribution in [3.63, 3.8) is 0 Å². The lowest BCUT2D eigenvalue weighted by Gasteiger charge is -2.14. The first-order valence-electron chi connectivity index (χ1n) is 6.03. The Labute approximate surface area is 111 Å². The molecular weight excluding hydrogens is 241 g/mol. The molecule has 0 radical (unpaired) electrons. The third-order valence-electron chi connectivity index (χ3n) is 2.81. The number of nitriles is 1. The van der Waals surface area contributed by atoms with E-state index in [9.17, 15) is 4.39 Å². The first-order chi connectivity index (χ1) is 9.19. The summed E-state index contributed by atoms with van der Waals surface area (Å²) in [6.07, 6.45) is 1.62. The molecule has 1 atom stereocenters. The second kappa shape index (κ2) is 5.96. The van der Waals surface area contributed by atoms with Crippen LogP contribution in [0.15, 0.2) is 42.6 Å². The molecule has 0 amide bonds. The van der Waals surface area contributed by atoms with Crippen LogP contribution in [0.1, 0.15) is 24.2 Å². The van der Waals surface area contributed by atoms with Crippen LogP contribution in [0.2, 0.25) is 0 Å². The molecule has 2 aromatic rings. The minimum absolute atomic E-state index is 0.0117. The highest BCUT2D eigenvalue weighted by molar-refractivity contribution is 5.46. The van der Waals surface area contributed by atoms with Crippen LogP contribution < -0.4 is 5.32 Å². The number of nitrogens with zero attached hydrogens (tertiary/aromatic N) is 2. The second-order valence-electron chi connectivity index (χ2n) is 4.30. The van der Waals surface area contributed by atoms with Crippen molar-refractivity contribution in [2.45, 2.75) is 19.4 Å². The standard InChI is InChI=1S/C15H14FN3/c1-11(15-7-4-13(16)10-18-15)19-14-5-2-12(3-6-14)8-9-17/h2-7,10-11,19H,8H2,1H3. The van der Waals surface area contributed by atoms with Gasteiger partial charge < -0.3 is 5.32 Å². The van der Waals surface area contributed by atoms with Gasteiger partial charge in [0.25, 0.3) is 0 Å². The van der Waals surface area contributed by atoms with E-state index in [0.717, 1.165) is 16.9 Å². The predicted molar refractivity (Wildman–Crippen MR) is 72.0 cm³/mol. The SMILES string of the molecule is CC(Nc1ccc(CC#N)cc1)c1ccc(F)cn1. The third kappa shape index (κ3) is 3.52. The summed E-state index contributed by atoms with van der Waals surface area (Å²) in [7, 11) is 0. The molecule has 1 heterocycles. The van der Waals surface area contributed by atoms with E-state index in [1.165, 1.54) is 12.3 Å². The number of pyridine rings is 1. The summed E-state index contributed by atoms with van der Waals surface area (Å²) in [5, 5.41) is 11.9. The zero-order valence-electron chi connectivity index (χ0n) is 10.6. The summed E-state index contributed by atoms with van der Waals surface area (Å²) in [6.45, 7) is 1.96. The molecule has 19 heavy (non-hydrogen) atoms. The highest BCUT2D eigenvalue weighted by atomic mass is 19.1. The van der Waals surface area contributed by atoms with Crippen LogP contribution in [-0.4, -0.2) is 4.98 Å². The smallest absolute Gasteiger partial charge is 0.141 e. The van der Waals surface area contributed by atoms with Crippen molar-refractivity contribution < 1.29 is 4.39 Å². The molecule has 0 bridgehead atoms. The quantitative estimate of drug-likeness (QED) is 0.910. The van der Waals surface area contributed by atoms with Crippen LogP contribution in [0.4, 0.5) is 10.1 Å². The molecule has 2 rings (SSSR count). The van der Waals surface area contributed by atoms with Crippen LogP contribution >= 0.6 is 0 Å². The molecular formula is C15H14FN3. The topological polar surface area (TPSA) is 48.7 Å². The Hall–Kier alpha value is -2.41. The van der Waals surface area contributed by atoms with Crippen molar-refractivity contribution >= 4 is 5.69 Å². The van der Waals surface area contributed by atoms with E-state index < -0.39 is 0 Å². The first kappa shape index (κ1) is 13.0. The predicted octanol–water partition coefficient (Wildman–Crippen LogP) is 3.46. The van der Waals surface area contributed by atoms with Gasteiger partial charge in [0.05, 0.1) is 30.4 Å². The maximum Gasteiger partial charge on any atom is 0.141 e. The Morgan fingerprint density at radius 2 is 2.00 bits per heavy atom. The van der Waals surface area contributed by atoms with Crippen molar-refractivity contribution in [1.29, 1.82) is 5.26 Å². The lowest BCUT2D eigenvalue weighted by molar-refractivity contribution is 0.617. The highest BCUT2D eigenvalue weighted by Crippen LogP contribution is 2.18. The van der Waals surface area contributed by atoms with Crippen molar-refractivity contribution in [1.82, 2.24) is 4.98 Å². The summed E-state index contributed by atoms with van der Waals surface area (Å²) >= 11 is 0. The molecule has 1 N–H and O–H groups in total. The number of hydrogen-bond acceptors (Lipinski definition) is 3. The largest absolute Gasteiger partial charge is 0.377 e. The number of benzene rings is 1. The molecule has 0 aliphatic carbocycles. The van der Waals surface area contributed by atoms with Gasteiger partial charge in [0, 0.05) is 5.69 Å². The highest BCUT2D eigenvalue weighted by Gasteiger charge is 2.06. The Morgan fingerprint density at radius 3 is 2.58 bits per heavy atom. The molecule has 0 aliphatic rings. The van der Waals surface area contributed by atoms with Gasteiger partial charge in [0.15, 0.2) is 0 Å². The molecule has 0 fully saturated rings. The summed E-state index contributed by atoms with van der Waals surface area (Å²) < 4.78 is 12.8.